The van der Waals surface area contributed by atoms with Crippen molar-refractivity contribution < 1.29 is 0 Å². The fourth-order valence-corrected chi connectivity index (χ4v) is 3.88. The van der Waals surface area contributed by atoms with Crippen molar-refractivity contribution in [3.8, 4) is 16.9 Å². The predicted molar refractivity (Wildman–Crippen MR) is 116 cm³/mol. The molecule has 4 heterocycles. The number of nitrogens with two attached hydrogens (primary N) is 1. The molecule has 1 aromatic carbocycles. The molecule has 150 valence electrons. The Labute approximate surface area is 178 Å². The summed E-state index contributed by atoms with van der Waals surface area (Å²) in [6, 6.07) is 9.94. The van der Waals surface area contributed by atoms with Gasteiger partial charge >= 0.3 is 0 Å². The summed E-state index contributed by atoms with van der Waals surface area (Å²) in [5.41, 5.74) is 9.35. The molecule has 30 heavy (non-hydrogen) atoms. The van der Waals surface area contributed by atoms with Crippen LogP contribution in [0.15, 0.2) is 48.9 Å². The number of fused-ring (bicyclic) bond motifs is 3. The maximum atomic E-state index is 6.08. The van der Waals surface area contributed by atoms with Crippen LogP contribution in [-0.4, -0.2) is 36.3 Å². The van der Waals surface area contributed by atoms with Crippen molar-refractivity contribution in [2.75, 3.05) is 17.2 Å². The molecule has 0 radical (unpaired) electrons. The molecule has 4 aromatic rings. The first kappa shape index (κ1) is 18.5. The maximum absolute atomic E-state index is 6.08. The number of anilines is 3. The summed E-state index contributed by atoms with van der Waals surface area (Å²) < 4.78 is 2.11. The van der Waals surface area contributed by atoms with Crippen LogP contribution in [0, 0.1) is 6.92 Å². The molecular weight excluding hydrogens is 400 g/mol. The van der Waals surface area contributed by atoms with Gasteiger partial charge < -0.3 is 10.6 Å². The summed E-state index contributed by atoms with van der Waals surface area (Å²) in [5.74, 6) is 3.09. The van der Waals surface area contributed by atoms with Crippen LogP contribution in [0.1, 0.15) is 24.5 Å². The molecule has 3 aromatic heterocycles. The van der Waals surface area contributed by atoms with Crippen LogP contribution in [-0.2, 0) is 0 Å². The van der Waals surface area contributed by atoms with E-state index in [0.717, 1.165) is 40.1 Å². The second-order valence-electron chi connectivity index (χ2n) is 7.32. The highest BCUT2D eigenvalue weighted by atomic mass is 35.5. The number of nitrogen functional groups attached to an aromatic ring is 1. The van der Waals surface area contributed by atoms with Gasteiger partial charge in [-0.1, -0.05) is 24.6 Å². The average Bonchev–Trinajstić information content (AvgIpc) is 3.08. The zero-order valence-corrected chi connectivity index (χ0v) is 17.2. The van der Waals surface area contributed by atoms with Crippen LogP contribution >= 0.6 is 11.6 Å². The Morgan fingerprint density at radius 2 is 1.87 bits per heavy atom. The largest absolute Gasteiger partial charge is 0.382 e. The van der Waals surface area contributed by atoms with E-state index in [4.69, 9.17) is 17.3 Å². The highest BCUT2D eigenvalue weighted by Gasteiger charge is 2.29. The molecule has 1 aliphatic rings. The maximum Gasteiger partial charge on any atom is 0.142 e. The Hall–Kier alpha value is -3.52. The quantitative estimate of drug-likeness (QED) is 0.526. The van der Waals surface area contributed by atoms with E-state index in [-0.39, 0.29) is 5.92 Å². The lowest BCUT2D eigenvalue weighted by molar-refractivity contribution is 0.693. The molecule has 0 unspecified atom stereocenters. The number of hydrogen-bond donors (Lipinski definition) is 1. The summed E-state index contributed by atoms with van der Waals surface area (Å²) in [7, 11) is 0. The van der Waals surface area contributed by atoms with Gasteiger partial charge in [-0.2, -0.15) is 0 Å². The molecule has 0 aliphatic carbocycles. The van der Waals surface area contributed by atoms with Gasteiger partial charge in [0.2, 0.25) is 0 Å². The van der Waals surface area contributed by atoms with Crippen LogP contribution < -0.4 is 10.6 Å². The van der Waals surface area contributed by atoms with E-state index in [2.05, 4.69) is 53.7 Å². The normalized spacial score (nSPS) is 15.4. The summed E-state index contributed by atoms with van der Waals surface area (Å²) in [6.45, 7) is 4.79. The Morgan fingerprint density at radius 3 is 2.60 bits per heavy atom. The van der Waals surface area contributed by atoms with E-state index >= 15 is 0 Å². The first-order valence-corrected chi connectivity index (χ1v) is 9.92. The minimum Gasteiger partial charge on any atom is -0.382 e. The summed E-state index contributed by atoms with van der Waals surface area (Å²) >= 11 is 6.08. The minimum absolute atomic E-state index is 0.135. The minimum atomic E-state index is 0.135. The standard InChI is InChI=1S/C21H19ClN8/c1-12-11-29(20-6-4-15(22)8-26-20)18-7-14(16-9-25-19(23)10-24-16)3-5-17(18)30-13(2)27-28-21(12)30/h3-10,12H,11H2,1-2H3,(H2,23,25)/t12-/m1/s1. The number of halogens is 1. The van der Waals surface area contributed by atoms with E-state index in [0.29, 0.717) is 17.4 Å². The molecule has 0 spiro atoms. The van der Waals surface area contributed by atoms with Gasteiger partial charge in [0, 0.05) is 24.2 Å². The number of hydrogen-bond acceptors (Lipinski definition) is 7. The fraction of sp³-hybridized carbons (Fsp3) is 0.190. The van der Waals surface area contributed by atoms with Crippen LogP contribution in [0.2, 0.25) is 5.02 Å². The molecule has 5 rings (SSSR count). The summed E-state index contributed by atoms with van der Waals surface area (Å²) in [4.78, 5) is 15.3. The number of aryl methyl sites for hydroxylation is 1. The molecule has 0 bridgehead atoms. The Morgan fingerprint density at radius 1 is 1.00 bits per heavy atom. The SMILES string of the molecule is Cc1nnc2n1-c1ccc(-c3cnc(N)cn3)cc1N(c1ccc(Cl)cn1)C[C@H]2C. The molecule has 0 saturated heterocycles. The van der Waals surface area contributed by atoms with Crippen molar-refractivity contribution in [3.05, 3.63) is 65.6 Å². The monoisotopic (exact) mass is 418 g/mol. The van der Waals surface area contributed by atoms with Crippen molar-refractivity contribution in [2.24, 2.45) is 0 Å². The lowest BCUT2D eigenvalue weighted by Crippen LogP contribution is -2.22. The lowest BCUT2D eigenvalue weighted by atomic mass is 10.1. The number of rotatable bonds is 2. The molecule has 2 N–H and O–H groups in total. The van der Waals surface area contributed by atoms with Crippen LogP contribution in [0.4, 0.5) is 17.3 Å². The van der Waals surface area contributed by atoms with E-state index < -0.39 is 0 Å². The van der Waals surface area contributed by atoms with Crippen LogP contribution in [0.3, 0.4) is 0 Å². The van der Waals surface area contributed by atoms with E-state index in [1.165, 1.54) is 0 Å². The highest BCUT2D eigenvalue weighted by Crippen LogP contribution is 2.39. The van der Waals surface area contributed by atoms with Crippen molar-refractivity contribution in [1.82, 2.24) is 29.7 Å². The predicted octanol–water partition coefficient (Wildman–Crippen LogP) is 3.92. The number of nitrogens with zero attached hydrogens (tertiary/aromatic N) is 7. The molecular formula is C21H19ClN8. The Kier molecular flexibility index (Phi) is 4.36. The van der Waals surface area contributed by atoms with Gasteiger partial charge in [-0.05, 0) is 31.2 Å². The molecule has 9 heteroatoms. The van der Waals surface area contributed by atoms with Gasteiger partial charge in [0.15, 0.2) is 0 Å². The number of aromatic nitrogens is 6. The van der Waals surface area contributed by atoms with E-state index in [9.17, 15) is 0 Å². The van der Waals surface area contributed by atoms with Gasteiger partial charge in [-0.15, -0.1) is 10.2 Å². The van der Waals surface area contributed by atoms with E-state index in [1.807, 2.05) is 25.1 Å². The smallest absolute Gasteiger partial charge is 0.142 e. The molecule has 1 atom stereocenters. The van der Waals surface area contributed by atoms with Crippen molar-refractivity contribution in [2.45, 2.75) is 19.8 Å². The highest BCUT2D eigenvalue weighted by molar-refractivity contribution is 6.30. The Balaban J connectivity index is 1.73. The van der Waals surface area contributed by atoms with Crippen molar-refractivity contribution in [3.63, 3.8) is 0 Å². The molecule has 0 amide bonds. The van der Waals surface area contributed by atoms with Crippen molar-refractivity contribution >= 4 is 28.9 Å². The van der Waals surface area contributed by atoms with Crippen LogP contribution in [0.25, 0.3) is 16.9 Å². The van der Waals surface area contributed by atoms with Gasteiger partial charge in [0.25, 0.3) is 0 Å². The number of benzene rings is 1. The van der Waals surface area contributed by atoms with Gasteiger partial charge in [0.05, 0.1) is 34.5 Å². The van der Waals surface area contributed by atoms with E-state index in [1.54, 1.807) is 18.6 Å². The van der Waals surface area contributed by atoms with Gasteiger partial charge in [-0.25, -0.2) is 9.97 Å². The summed E-state index contributed by atoms with van der Waals surface area (Å²) in [6.07, 6.45) is 4.90. The second-order valence-corrected chi connectivity index (χ2v) is 7.75. The number of pyridine rings is 1. The molecule has 0 fully saturated rings. The van der Waals surface area contributed by atoms with Gasteiger partial charge in [-0.3, -0.25) is 9.55 Å². The third-order valence-electron chi connectivity index (χ3n) is 5.21. The summed E-state index contributed by atoms with van der Waals surface area (Å²) in [5, 5.41) is 9.35. The zero-order chi connectivity index (χ0) is 20.8. The lowest BCUT2D eigenvalue weighted by Gasteiger charge is -2.26. The molecule has 0 saturated carbocycles. The first-order chi connectivity index (χ1) is 14.5. The molecule has 8 nitrogen and oxygen atoms in total. The van der Waals surface area contributed by atoms with Crippen molar-refractivity contribution in [1.29, 1.82) is 0 Å². The first-order valence-electron chi connectivity index (χ1n) is 9.54. The fourth-order valence-electron chi connectivity index (χ4n) is 3.77. The molecule has 1 aliphatic heterocycles. The third-order valence-corrected chi connectivity index (χ3v) is 5.43. The second kappa shape index (κ2) is 7.07. The van der Waals surface area contributed by atoms with Crippen LogP contribution in [0.5, 0.6) is 0 Å². The topological polar surface area (TPSA) is 98.6 Å². The zero-order valence-electron chi connectivity index (χ0n) is 16.5. The Bertz CT molecular complexity index is 1220. The van der Waals surface area contributed by atoms with Gasteiger partial charge in [0.1, 0.15) is 23.3 Å². The third kappa shape index (κ3) is 3.05. The average molecular weight is 419 g/mol.